The summed E-state index contributed by atoms with van der Waals surface area (Å²) in [4.78, 5) is 0. The molecule has 0 aliphatic heterocycles. The molecule has 9 aromatic rings. The molecule has 48 heavy (non-hydrogen) atoms. The number of rotatable bonds is 3. The number of benzene rings is 8. The molecule has 0 unspecified atom stereocenters. The second-order valence-electron chi connectivity index (χ2n) is 10.8. The lowest BCUT2D eigenvalue weighted by molar-refractivity contribution is 0.660. The van der Waals surface area contributed by atoms with Gasteiger partial charge in [-0.3, -0.25) is 0 Å². The van der Waals surface area contributed by atoms with Gasteiger partial charge < -0.3 is 4.42 Å². The van der Waals surface area contributed by atoms with Gasteiger partial charge in [0.15, 0.2) is 0 Å². The summed E-state index contributed by atoms with van der Waals surface area (Å²) in [6.45, 7) is -7.72. The zero-order chi connectivity index (χ0) is 59.6. The largest absolute Gasteiger partial charge is 0.456 e. The quantitative estimate of drug-likeness (QED) is 0.174. The maximum atomic E-state index is 9.93. The summed E-state index contributed by atoms with van der Waals surface area (Å²) in [7, 11) is 0. The molecular formula is C47H32O. The lowest BCUT2D eigenvalue weighted by Gasteiger charge is -2.22. The van der Waals surface area contributed by atoms with Gasteiger partial charge in [0.25, 0.3) is 0 Å². The smallest absolute Gasteiger partial charge is 0.136 e. The van der Waals surface area contributed by atoms with E-state index in [4.69, 9.17) is 33.2 Å². The topological polar surface area (TPSA) is 13.1 Å². The average Bonchev–Trinajstić information content (AvgIpc) is 3.68. The monoisotopic (exact) mass is 644 g/mol. The second-order valence-corrected chi connectivity index (χ2v) is 10.8. The van der Waals surface area contributed by atoms with Gasteiger partial charge >= 0.3 is 0 Å². The molecule has 226 valence electrons. The minimum absolute atomic E-state index is 0.472. The van der Waals surface area contributed by atoms with Gasteiger partial charge in [-0.25, -0.2) is 0 Å². The molecule has 1 aliphatic rings. The highest BCUT2D eigenvalue weighted by Gasteiger charge is 2.35. The third-order valence-electron chi connectivity index (χ3n) is 8.20. The van der Waals surface area contributed by atoms with E-state index in [9.17, 15) is 15.1 Å². The first kappa shape index (κ1) is 10.3. The van der Waals surface area contributed by atoms with Crippen LogP contribution in [0.2, 0.25) is 0 Å². The highest BCUT2D eigenvalue weighted by molar-refractivity contribution is 6.21. The molecule has 1 aromatic heterocycles. The lowest BCUT2D eigenvalue weighted by Crippen LogP contribution is -2.14. The van der Waals surface area contributed by atoms with Crippen LogP contribution < -0.4 is 0 Å². The van der Waals surface area contributed by atoms with Crippen LogP contribution in [-0.4, -0.2) is 0 Å². The van der Waals surface area contributed by atoms with Gasteiger partial charge in [0.2, 0.25) is 0 Å². The highest BCUT2D eigenvalue weighted by Crippen LogP contribution is 2.51. The number of fused-ring (bicyclic) bond motifs is 8. The van der Waals surface area contributed by atoms with Crippen molar-refractivity contribution in [2.45, 2.75) is 19.1 Å². The van der Waals surface area contributed by atoms with Gasteiger partial charge in [0.1, 0.15) is 11.2 Å². The molecule has 10 rings (SSSR count). The van der Waals surface area contributed by atoms with Crippen molar-refractivity contribution < 1.29 is 48.3 Å². The molecule has 1 aliphatic carbocycles. The highest BCUT2D eigenvalue weighted by atomic mass is 16.3. The number of hydrogen-bond acceptors (Lipinski definition) is 1. The van der Waals surface area contributed by atoms with Gasteiger partial charge in [0.05, 0.1) is 35.6 Å². The Hall–Kier alpha value is -5.92. The Morgan fingerprint density at radius 1 is 0.438 bits per heavy atom. The van der Waals surface area contributed by atoms with Crippen molar-refractivity contribution in [2.24, 2.45) is 0 Å². The predicted molar refractivity (Wildman–Crippen MR) is 203 cm³/mol. The summed E-state index contributed by atoms with van der Waals surface area (Å²) >= 11 is 0. The summed E-state index contributed by atoms with van der Waals surface area (Å²) in [6.07, 6.45) is 0. The van der Waals surface area contributed by atoms with E-state index >= 15 is 0 Å². The van der Waals surface area contributed by atoms with E-state index in [2.05, 4.69) is 0 Å². The molecule has 0 radical (unpaired) electrons. The molecule has 0 saturated heterocycles. The lowest BCUT2D eigenvalue weighted by atomic mass is 9.81. The summed E-state index contributed by atoms with van der Waals surface area (Å²) < 4.78 is 294. The van der Waals surface area contributed by atoms with Gasteiger partial charge in [-0.15, -0.1) is 0 Å². The Labute approximate surface area is 324 Å². The normalized spacial score (nSPS) is 23.3. The van der Waals surface area contributed by atoms with Crippen molar-refractivity contribution in [1.82, 2.24) is 0 Å². The van der Waals surface area contributed by atoms with Crippen molar-refractivity contribution in [3.63, 3.8) is 0 Å². The Bertz CT molecular complexity index is 4330. The fraction of sp³-hybridized carbons (Fsp3) is 0.0638. The predicted octanol–water partition coefficient (Wildman–Crippen LogP) is 13.2. The first-order valence-corrected chi connectivity index (χ1v) is 14.2. The molecule has 0 fully saturated rings. The van der Waals surface area contributed by atoms with Crippen LogP contribution in [0.15, 0.2) is 162 Å². The molecule has 1 nitrogen and oxygen atoms in total. The van der Waals surface area contributed by atoms with Crippen molar-refractivity contribution in [1.29, 1.82) is 0 Å². The van der Waals surface area contributed by atoms with E-state index in [1.54, 1.807) is 0 Å². The molecule has 0 amide bonds. The Kier molecular flexibility index (Phi) is 2.15. The Morgan fingerprint density at radius 2 is 0.958 bits per heavy atom. The van der Waals surface area contributed by atoms with Crippen LogP contribution in [0.25, 0.3) is 88.0 Å². The number of furan rings is 1. The Morgan fingerprint density at radius 3 is 1.67 bits per heavy atom. The van der Waals surface area contributed by atoms with E-state index in [-0.39, 0.29) is 0 Å². The zero-order valence-electron chi connectivity index (χ0n) is 55.9. The summed E-state index contributed by atoms with van der Waals surface area (Å²) in [5.41, 5.74) is -14.1. The summed E-state index contributed by atoms with van der Waals surface area (Å²) in [5, 5.41) is -4.51. The molecular weight excluding hydrogens is 581 g/mol. The van der Waals surface area contributed by atoms with Crippen molar-refractivity contribution >= 4 is 43.5 Å². The third-order valence-corrected chi connectivity index (χ3v) is 8.20. The minimum Gasteiger partial charge on any atom is -0.456 e. The van der Waals surface area contributed by atoms with E-state index in [0.29, 0.717) is 0 Å². The maximum Gasteiger partial charge on any atom is 0.136 e. The standard InChI is InChI=1S/C47H32O/c1-47(2)40-19-9-7-12-33(40)39-28-31(26-27-41(39)47)45-36-15-5-3-13-34(36)44(35-14-4-6-16-37(35)45)30-24-22-29(23-25-30)32-18-11-21-43-46(32)38-17-8-10-20-42(38)48-43/h3-28H,1-2H3/i1D3,2D3,3D,4D,5D,6D,7D,8D,9D,10D,11D,12D,13D,14D,15D,16D,17D,18D,19D,20D,21D,22D,23D,24D,25D,26D,27D,28D. The zero-order valence-corrected chi connectivity index (χ0v) is 23.9. The van der Waals surface area contributed by atoms with E-state index < -0.39 is 275 Å². The third kappa shape index (κ3) is 3.79. The van der Waals surface area contributed by atoms with E-state index in [1.807, 2.05) is 0 Å². The van der Waals surface area contributed by atoms with Crippen LogP contribution in [-0.2, 0) is 5.41 Å². The Balaban J connectivity index is 1.46. The van der Waals surface area contributed by atoms with Crippen LogP contribution in [0, 0.1) is 0 Å². The fourth-order valence-electron chi connectivity index (χ4n) is 6.14. The molecule has 0 N–H and O–H groups in total. The van der Waals surface area contributed by atoms with Gasteiger partial charge in [-0.1, -0.05) is 153 Å². The van der Waals surface area contributed by atoms with Crippen molar-refractivity contribution in [3.05, 3.63) is 168 Å². The van der Waals surface area contributed by atoms with Crippen molar-refractivity contribution in [3.8, 4) is 44.5 Å². The SMILES string of the molecule is [2H]c1c([2H])c([2H])c2c(c1[2H])-c1c([2H])c(-c3c4c([2H])c([2H])c([2H])c([2H])c4c(-c4c([2H])c([2H])c(-c5c([2H])c([2H])c([2H])c6oc7c([2H])c([2H])c([2H])c([2H])c7c56)c([2H])c4[2H])c4c([2H])c([2H])c([2H])c([2H])c34)c([2H])c([2H])c1C2(C([2H])([2H])[2H])C([2H])([2H])[2H]. The maximum absolute atomic E-state index is 9.93. The second kappa shape index (κ2) is 10.0. The molecule has 0 spiro atoms. The average molecular weight is 645 g/mol. The van der Waals surface area contributed by atoms with Crippen LogP contribution in [0.5, 0.6) is 0 Å². The van der Waals surface area contributed by atoms with Gasteiger partial charge in [-0.05, 0) is 95.3 Å². The van der Waals surface area contributed by atoms with Crippen molar-refractivity contribution in [2.75, 3.05) is 0 Å². The molecule has 1 heterocycles. The first-order chi connectivity index (χ1) is 36.9. The molecule has 0 bridgehead atoms. The number of hydrogen-bond donors (Lipinski definition) is 0. The minimum atomic E-state index is -3.86. The number of para-hydroxylation sites is 1. The van der Waals surface area contributed by atoms with Gasteiger partial charge in [0, 0.05) is 24.4 Å². The van der Waals surface area contributed by atoms with E-state index in [0.717, 1.165) is 0 Å². The molecule has 1 heteroatoms. The van der Waals surface area contributed by atoms with Crippen LogP contribution >= 0.6 is 0 Å². The van der Waals surface area contributed by atoms with Crippen LogP contribution in [0.4, 0.5) is 0 Å². The van der Waals surface area contributed by atoms with E-state index in [1.165, 1.54) is 0 Å². The molecule has 0 atom stereocenters. The van der Waals surface area contributed by atoms with Crippen LogP contribution in [0.1, 0.15) is 68.7 Å². The summed E-state index contributed by atoms with van der Waals surface area (Å²) in [5.74, 6) is 0. The summed E-state index contributed by atoms with van der Waals surface area (Å²) in [6, 6.07) is -27.5. The first-order valence-electron chi connectivity index (χ1n) is 30.2. The van der Waals surface area contributed by atoms with Crippen LogP contribution in [0.3, 0.4) is 0 Å². The fourth-order valence-corrected chi connectivity index (χ4v) is 6.14. The molecule has 8 aromatic carbocycles. The molecule has 0 saturated carbocycles. The van der Waals surface area contributed by atoms with Gasteiger partial charge in [-0.2, -0.15) is 0 Å².